The normalized spacial score (nSPS) is 19.1. The van der Waals surface area contributed by atoms with Crippen molar-refractivity contribution in [1.82, 2.24) is 4.98 Å². The highest BCUT2D eigenvalue weighted by Gasteiger charge is 2.22. The van der Waals surface area contributed by atoms with E-state index in [2.05, 4.69) is 9.98 Å². The fourth-order valence-electron chi connectivity index (χ4n) is 1.35. The lowest BCUT2D eigenvalue weighted by molar-refractivity contribution is 0.570. The predicted octanol–water partition coefficient (Wildman–Crippen LogP) is 0.402. The van der Waals surface area contributed by atoms with E-state index in [-0.39, 0.29) is 0 Å². The van der Waals surface area contributed by atoms with Gasteiger partial charge in [-0.15, -0.1) is 0 Å². The third-order valence-electron chi connectivity index (χ3n) is 2.05. The highest BCUT2D eigenvalue weighted by Crippen LogP contribution is 2.13. The Morgan fingerprint density at radius 3 is 2.79 bits per heavy atom. The molecule has 14 heavy (non-hydrogen) atoms. The molecule has 0 radical (unpaired) electrons. The number of aliphatic imine (C=N–C) groups is 1. The van der Waals surface area contributed by atoms with Crippen LogP contribution in [-0.2, 0) is 0 Å². The molecule has 0 amide bonds. The number of pyridine rings is 1. The van der Waals surface area contributed by atoms with Gasteiger partial charge >= 0.3 is 0 Å². The van der Waals surface area contributed by atoms with Crippen molar-refractivity contribution >= 4 is 5.71 Å². The molecule has 1 aliphatic heterocycles. The Bertz CT molecular complexity index is 378. The molecule has 1 aliphatic rings. The number of nitrogens with two attached hydrogens (primary N) is 2. The third-order valence-corrected chi connectivity index (χ3v) is 2.05. The molecule has 1 aromatic heterocycles. The van der Waals surface area contributed by atoms with Gasteiger partial charge in [0.15, 0.2) is 0 Å². The topological polar surface area (TPSA) is 77.3 Å². The number of hydrogen-bond donors (Lipinski definition) is 2. The van der Waals surface area contributed by atoms with Gasteiger partial charge in [0.25, 0.3) is 0 Å². The average molecular weight is 188 g/mol. The van der Waals surface area contributed by atoms with Crippen molar-refractivity contribution in [1.29, 1.82) is 0 Å². The van der Waals surface area contributed by atoms with E-state index in [1.165, 1.54) is 0 Å². The first kappa shape index (κ1) is 9.05. The summed E-state index contributed by atoms with van der Waals surface area (Å²) >= 11 is 0. The molecular weight excluding hydrogens is 176 g/mol. The van der Waals surface area contributed by atoms with E-state index in [9.17, 15) is 0 Å². The van der Waals surface area contributed by atoms with Crippen molar-refractivity contribution in [3.05, 3.63) is 42.4 Å². The van der Waals surface area contributed by atoms with Crippen LogP contribution in [0.25, 0.3) is 0 Å². The van der Waals surface area contributed by atoms with Crippen LogP contribution in [0.1, 0.15) is 12.1 Å². The van der Waals surface area contributed by atoms with Crippen LogP contribution in [0.4, 0.5) is 0 Å². The van der Waals surface area contributed by atoms with E-state index in [1.54, 1.807) is 18.5 Å². The maximum absolute atomic E-state index is 5.79. The number of rotatable bonds is 1. The highest BCUT2D eigenvalue weighted by atomic mass is 15.0. The summed E-state index contributed by atoms with van der Waals surface area (Å²) in [6.45, 7) is 0. The van der Waals surface area contributed by atoms with E-state index in [4.69, 9.17) is 11.5 Å². The minimum Gasteiger partial charge on any atom is -0.310 e. The van der Waals surface area contributed by atoms with Gasteiger partial charge in [0, 0.05) is 18.8 Å². The Balaban J connectivity index is 2.30. The van der Waals surface area contributed by atoms with Crippen LogP contribution in [0, 0.1) is 0 Å². The van der Waals surface area contributed by atoms with E-state index in [0.29, 0.717) is 6.42 Å². The molecule has 0 unspecified atom stereocenters. The van der Waals surface area contributed by atoms with Gasteiger partial charge in [-0.05, 0) is 18.2 Å². The Hall–Kier alpha value is -1.52. The average Bonchev–Trinajstić information content (AvgIpc) is 2.18. The van der Waals surface area contributed by atoms with E-state index in [1.807, 2.05) is 18.2 Å². The summed E-state index contributed by atoms with van der Waals surface area (Å²) in [5.41, 5.74) is 12.4. The summed E-state index contributed by atoms with van der Waals surface area (Å²) in [6, 6.07) is 5.67. The van der Waals surface area contributed by atoms with Gasteiger partial charge in [-0.1, -0.05) is 6.07 Å². The molecule has 0 atom stereocenters. The largest absolute Gasteiger partial charge is 0.310 e. The molecule has 72 valence electrons. The fraction of sp³-hybridized carbons (Fsp3) is 0.200. The molecule has 0 bridgehead atoms. The van der Waals surface area contributed by atoms with Gasteiger partial charge in [0.2, 0.25) is 0 Å². The molecule has 0 saturated carbocycles. The quantitative estimate of drug-likeness (QED) is 0.626. The minimum atomic E-state index is -0.797. The maximum Gasteiger partial charge on any atom is 0.0903 e. The van der Waals surface area contributed by atoms with Crippen LogP contribution in [0.5, 0.6) is 0 Å². The van der Waals surface area contributed by atoms with Gasteiger partial charge in [-0.3, -0.25) is 9.98 Å². The number of nitrogens with zero attached hydrogens (tertiary/aromatic N) is 2. The van der Waals surface area contributed by atoms with Crippen molar-refractivity contribution in [2.45, 2.75) is 12.1 Å². The van der Waals surface area contributed by atoms with Gasteiger partial charge in [-0.2, -0.15) is 0 Å². The summed E-state index contributed by atoms with van der Waals surface area (Å²) < 4.78 is 0. The number of hydrogen-bond acceptors (Lipinski definition) is 4. The van der Waals surface area contributed by atoms with Gasteiger partial charge < -0.3 is 11.5 Å². The van der Waals surface area contributed by atoms with Gasteiger partial charge in [-0.25, -0.2) is 0 Å². The Morgan fingerprint density at radius 2 is 2.14 bits per heavy atom. The molecule has 0 aromatic carbocycles. The van der Waals surface area contributed by atoms with Crippen LogP contribution in [0.15, 0.2) is 41.7 Å². The highest BCUT2D eigenvalue weighted by molar-refractivity contribution is 6.00. The predicted molar refractivity (Wildman–Crippen MR) is 55.6 cm³/mol. The van der Waals surface area contributed by atoms with Crippen molar-refractivity contribution in [2.75, 3.05) is 0 Å². The second-order valence-electron chi connectivity index (χ2n) is 3.40. The zero-order chi connectivity index (χ0) is 10.0. The van der Waals surface area contributed by atoms with Crippen molar-refractivity contribution in [3.8, 4) is 0 Å². The molecule has 2 rings (SSSR count). The Kier molecular flexibility index (Phi) is 2.15. The van der Waals surface area contributed by atoms with E-state index < -0.39 is 5.66 Å². The maximum atomic E-state index is 5.79. The monoisotopic (exact) mass is 188 g/mol. The third kappa shape index (κ3) is 1.86. The van der Waals surface area contributed by atoms with Gasteiger partial charge in [0.1, 0.15) is 0 Å². The van der Waals surface area contributed by atoms with Crippen LogP contribution in [0.2, 0.25) is 0 Å². The van der Waals surface area contributed by atoms with Crippen molar-refractivity contribution in [3.63, 3.8) is 0 Å². The standard InChI is InChI=1S/C10H12N4/c11-10(12)4-6-14-9(7-10)8-3-1-2-5-13-8/h1-6H,7,11-12H2. The summed E-state index contributed by atoms with van der Waals surface area (Å²) in [7, 11) is 0. The summed E-state index contributed by atoms with van der Waals surface area (Å²) in [5, 5.41) is 0. The second kappa shape index (κ2) is 3.32. The number of aromatic nitrogens is 1. The zero-order valence-electron chi connectivity index (χ0n) is 7.72. The second-order valence-corrected chi connectivity index (χ2v) is 3.40. The summed E-state index contributed by atoms with van der Waals surface area (Å²) in [4.78, 5) is 8.40. The Morgan fingerprint density at radius 1 is 1.29 bits per heavy atom. The molecular formula is C10H12N4. The van der Waals surface area contributed by atoms with Crippen molar-refractivity contribution < 1.29 is 0 Å². The Labute approximate surface area is 82.4 Å². The lowest BCUT2D eigenvalue weighted by Crippen LogP contribution is -2.50. The molecule has 4 nitrogen and oxygen atoms in total. The lowest BCUT2D eigenvalue weighted by atomic mass is 10.00. The molecule has 0 saturated heterocycles. The minimum absolute atomic E-state index is 0.514. The smallest absolute Gasteiger partial charge is 0.0903 e. The fourth-order valence-corrected chi connectivity index (χ4v) is 1.35. The molecule has 0 spiro atoms. The van der Waals surface area contributed by atoms with Crippen molar-refractivity contribution in [2.24, 2.45) is 16.5 Å². The first-order valence-corrected chi connectivity index (χ1v) is 4.41. The van der Waals surface area contributed by atoms with Crippen LogP contribution >= 0.6 is 0 Å². The van der Waals surface area contributed by atoms with Gasteiger partial charge in [0.05, 0.1) is 17.1 Å². The van der Waals surface area contributed by atoms with E-state index >= 15 is 0 Å². The van der Waals surface area contributed by atoms with Crippen LogP contribution < -0.4 is 11.5 Å². The summed E-state index contributed by atoms with van der Waals surface area (Å²) in [6.07, 6.45) is 5.57. The molecule has 4 N–H and O–H groups in total. The molecule has 0 aliphatic carbocycles. The lowest BCUT2D eigenvalue weighted by Gasteiger charge is -2.23. The SMILES string of the molecule is NC1(N)C=CN=C(c2ccccn2)C1. The first-order valence-electron chi connectivity index (χ1n) is 4.41. The van der Waals surface area contributed by atoms with E-state index in [0.717, 1.165) is 11.4 Å². The molecule has 0 fully saturated rings. The molecule has 2 heterocycles. The zero-order valence-corrected chi connectivity index (χ0v) is 7.72. The van der Waals surface area contributed by atoms with Crippen LogP contribution in [-0.4, -0.2) is 16.4 Å². The molecule has 1 aromatic rings. The molecule has 4 heteroatoms. The van der Waals surface area contributed by atoms with Crippen LogP contribution in [0.3, 0.4) is 0 Å². The first-order chi connectivity index (χ1) is 6.67. The summed E-state index contributed by atoms with van der Waals surface area (Å²) in [5.74, 6) is 0.